The van der Waals surface area contributed by atoms with Gasteiger partial charge in [-0.3, -0.25) is 9.50 Å². The molecule has 0 saturated carbocycles. The van der Waals surface area contributed by atoms with E-state index in [0.29, 0.717) is 37.1 Å². The Morgan fingerprint density at radius 1 is 1.26 bits per heavy atom. The lowest BCUT2D eigenvalue weighted by Crippen LogP contribution is -2.09. The summed E-state index contributed by atoms with van der Waals surface area (Å²) in [4.78, 5) is 19.2. The first-order valence-electron chi connectivity index (χ1n) is 9.50. The van der Waals surface area contributed by atoms with E-state index in [0.717, 1.165) is 18.6 Å². The number of halogens is 3. The summed E-state index contributed by atoms with van der Waals surface area (Å²) in [6.45, 7) is 2.36. The molecule has 0 amide bonds. The van der Waals surface area contributed by atoms with Gasteiger partial charge in [0.25, 0.3) is 5.82 Å². The number of nitrogens with zero attached hydrogens (tertiary/aromatic N) is 6. The van der Waals surface area contributed by atoms with E-state index < -0.39 is 12.0 Å². The number of alkyl halides is 3. The van der Waals surface area contributed by atoms with Gasteiger partial charge in [0.2, 0.25) is 5.78 Å². The van der Waals surface area contributed by atoms with Crippen LogP contribution in [0.2, 0.25) is 0 Å². The predicted molar refractivity (Wildman–Crippen MR) is 99.5 cm³/mol. The first-order valence-corrected chi connectivity index (χ1v) is 9.50. The first-order chi connectivity index (χ1) is 15.0. The minimum atomic E-state index is -4.67. The topological polar surface area (TPSA) is 119 Å². The minimum absolute atomic E-state index is 0.124. The maximum atomic E-state index is 13.0. The first kappa shape index (κ1) is 19.6. The zero-order valence-electron chi connectivity index (χ0n) is 16.1. The van der Waals surface area contributed by atoms with Gasteiger partial charge < -0.3 is 14.5 Å². The number of aromatic amines is 2. The van der Waals surface area contributed by atoms with Crippen molar-refractivity contribution in [3.05, 3.63) is 36.3 Å². The van der Waals surface area contributed by atoms with Crippen LogP contribution in [0.3, 0.4) is 0 Å². The Balaban J connectivity index is 1.50. The van der Waals surface area contributed by atoms with E-state index in [-0.39, 0.29) is 17.3 Å². The van der Waals surface area contributed by atoms with Crippen LogP contribution in [0.15, 0.2) is 24.9 Å². The molecule has 1 atom stereocenters. The molecule has 0 spiro atoms. The lowest BCUT2D eigenvalue weighted by molar-refractivity contribution is -0.144. The zero-order valence-corrected chi connectivity index (χ0v) is 16.1. The largest absolute Gasteiger partial charge is 0.453 e. The van der Waals surface area contributed by atoms with Crippen LogP contribution >= 0.6 is 0 Å². The van der Waals surface area contributed by atoms with Crippen LogP contribution < -0.4 is 0 Å². The quantitative estimate of drug-likeness (QED) is 0.479. The lowest BCUT2D eigenvalue weighted by Gasteiger charge is -2.09. The number of imidazole rings is 2. The normalized spacial score (nSPS) is 17.1. The van der Waals surface area contributed by atoms with Crippen molar-refractivity contribution in [1.82, 2.24) is 39.5 Å². The number of H-pyrrole nitrogens is 2. The molecule has 10 nitrogen and oxygen atoms in total. The van der Waals surface area contributed by atoms with Crippen LogP contribution in [0.4, 0.5) is 13.2 Å². The number of nitrogens with one attached hydrogen (secondary N) is 2. The predicted octanol–water partition coefficient (Wildman–Crippen LogP) is 2.48. The summed E-state index contributed by atoms with van der Waals surface area (Å²) in [5.74, 6) is -0.724. The molecule has 31 heavy (non-hydrogen) atoms. The highest BCUT2D eigenvalue weighted by Crippen LogP contribution is 2.32. The third-order valence-electron chi connectivity index (χ3n) is 4.90. The van der Waals surface area contributed by atoms with Gasteiger partial charge in [0.15, 0.2) is 5.82 Å². The molecule has 1 saturated heterocycles. The van der Waals surface area contributed by atoms with Crippen LogP contribution in [0.25, 0.3) is 28.7 Å². The monoisotopic (exact) mass is 434 g/mol. The summed E-state index contributed by atoms with van der Waals surface area (Å²) in [5.41, 5.74) is 1.94. The summed E-state index contributed by atoms with van der Waals surface area (Å²) in [7, 11) is 0. The van der Waals surface area contributed by atoms with Crippen LogP contribution in [-0.4, -0.2) is 59.3 Å². The molecular weight excluding hydrogens is 417 g/mol. The molecule has 5 heterocycles. The van der Waals surface area contributed by atoms with Crippen molar-refractivity contribution < 1.29 is 22.6 Å². The second-order valence-electron chi connectivity index (χ2n) is 7.16. The molecule has 5 rings (SSSR count). The van der Waals surface area contributed by atoms with Gasteiger partial charge in [0.1, 0.15) is 11.4 Å². The van der Waals surface area contributed by atoms with Gasteiger partial charge in [-0.2, -0.15) is 13.2 Å². The number of rotatable bonds is 6. The minimum Gasteiger partial charge on any atom is -0.381 e. The van der Waals surface area contributed by atoms with Gasteiger partial charge in [0.05, 0.1) is 38.0 Å². The molecule has 4 aromatic rings. The highest BCUT2D eigenvalue weighted by Gasteiger charge is 2.37. The van der Waals surface area contributed by atoms with Crippen LogP contribution in [-0.2, 0) is 22.3 Å². The molecule has 0 aromatic carbocycles. The lowest BCUT2D eigenvalue weighted by atomic mass is 10.1. The van der Waals surface area contributed by atoms with E-state index in [2.05, 4.69) is 35.1 Å². The van der Waals surface area contributed by atoms with E-state index in [9.17, 15) is 13.2 Å². The zero-order chi connectivity index (χ0) is 21.4. The molecule has 162 valence electrons. The molecule has 4 aromatic heterocycles. The molecule has 1 unspecified atom stereocenters. The summed E-state index contributed by atoms with van der Waals surface area (Å²) < 4.78 is 51.7. The van der Waals surface area contributed by atoms with E-state index in [1.54, 1.807) is 16.8 Å². The summed E-state index contributed by atoms with van der Waals surface area (Å²) in [6.07, 6.45) is 2.70. The molecule has 1 aliphatic heterocycles. The van der Waals surface area contributed by atoms with Gasteiger partial charge in [-0.25, -0.2) is 19.9 Å². The SMILES string of the molecule is FC(F)(F)c1n[nH]c(-c2nc3ncc(COCC4CCOC4)cn3c2-c2cnc[nH]2)n1. The third kappa shape index (κ3) is 3.88. The fourth-order valence-electron chi connectivity index (χ4n) is 3.41. The summed E-state index contributed by atoms with van der Waals surface area (Å²) in [5, 5.41) is 5.58. The van der Waals surface area contributed by atoms with Gasteiger partial charge >= 0.3 is 6.18 Å². The highest BCUT2D eigenvalue weighted by atomic mass is 19.4. The highest BCUT2D eigenvalue weighted by molar-refractivity contribution is 5.76. The van der Waals surface area contributed by atoms with E-state index >= 15 is 0 Å². The maximum absolute atomic E-state index is 13.0. The summed E-state index contributed by atoms with van der Waals surface area (Å²) >= 11 is 0. The van der Waals surface area contributed by atoms with Gasteiger partial charge in [-0.1, -0.05) is 0 Å². The number of hydrogen-bond acceptors (Lipinski definition) is 7. The van der Waals surface area contributed by atoms with Crippen molar-refractivity contribution in [2.45, 2.75) is 19.2 Å². The fraction of sp³-hybridized carbons (Fsp3) is 0.389. The molecule has 0 radical (unpaired) electrons. The Kier molecular flexibility index (Phi) is 4.90. The average molecular weight is 434 g/mol. The van der Waals surface area contributed by atoms with E-state index in [1.165, 1.54) is 12.5 Å². The van der Waals surface area contributed by atoms with Crippen molar-refractivity contribution in [1.29, 1.82) is 0 Å². The maximum Gasteiger partial charge on any atom is 0.453 e. The molecule has 0 aliphatic carbocycles. The molecule has 1 aliphatic rings. The van der Waals surface area contributed by atoms with E-state index in [4.69, 9.17) is 9.47 Å². The van der Waals surface area contributed by atoms with Crippen molar-refractivity contribution in [2.75, 3.05) is 19.8 Å². The standard InChI is InChI=1S/C18H17F3N8O2/c19-18(20,21)16-26-15(27-28-16)13-14(12-4-22-9-24-12)29-5-11(3-23-17(29)25-13)8-31-7-10-1-2-30-6-10/h3-5,9-10H,1-2,6-8H2,(H,22,24)(H,26,27,28). The van der Waals surface area contributed by atoms with E-state index in [1.807, 2.05) is 0 Å². The van der Waals surface area contributed by atoms with Crippen molar-refractivity contribution >= 4 is 5.78 Å². The Labute approximate surface area is 172 Å². The third-order valence-corrected chi connectivity index (χ3v) is 4.90. The number of fused-ring (bicyclic) bond motifs is 1. The van der Waals surface area contributed by atoms with Gasteiger partial charge in [0, 0.05) is 30.5 Å². The smallest absolute Gasteiger partial charge is 0.381 e. The van der Waals surface area contributed by atoms with Gasteiger partial charge in [-0.15, -0.1) is 5.10 Å². The number of aromatic nitrogens is 8. The Bertz CT molecular complexity index is 1180. The Hall–Kier alpha value is -3.32. The van der Waals surface area contributed by atoms with Crippen LogP contribution in [0.1, 0.15) is 17.8 Å². The van der Waals surface area contributed by atoms with Crippen molar-refractivity contribution in [3.8, 4) is 22.9 Å². The molecular formula is C18H17F3N8O2. The molecule has 13 heteroatoms. The molecule has 2 N–H and O–H groups in total. The molecule has 0 bridgehead atoms. The Morgan fingerprint density at radius 3 is 2.87 bits per heavy atom. The number of ether oxygens (including phenoxy) is 2. The fourth-order valence-corrected chi connectivity index (χ4v) is 3.41. The molecule has 1 fully saturated rings. The van der Waals surface area contributed by atoms with Gasteiger partial charge in [-0.05, 0) is 6.42 Å². The Morgan fingerprint density at radius 2 is 2.16 bits per heavy atom. The van der Waals surface area contributed by atoms with Crippen molar-refractivity contribution in [3.63, 3.8) is 0 Å². The average Bonchev–Trinajstić information content (AvgIpc) is 3.52. The second kappa shape index (κ2) is 7.74. The van der Waals surface area contributed by atoms with Crippen LogP contribution in [0, 0.1) is 5.92 Å². The number of hydrogen-bond donors (Lipinski definition) is 2. The van der Waals surface area contributed by atoms with Crippen molar-refractivity contribution in [2.24, 2.45) is 5.92 Å². The summed E-state index contributed by atoms with van der Waals surface area (Å²) in [6, 6.07) is 0. The second-order valence-corrected chi connectivity index (χ2v) is 7.16. The van der Waals surface area contributed by atoms with Crippen LogP contribution in [0.5, 0.6) is 0 Å².